The zero-order valence-corrected chi connectivity index (χ0v) is 11.7. The van der Waals surface area contributed by atoms with Crippen LogP contribution in [-0.2, 0) is 19.1 Å². The SMILES string of the molecule is COC(=O)CC[C@H](NC(=O)CNC1CCCC1)C(=O)O. The number of hydrogen-bond acceptors (Lipinski definition) is 5. The molecular formula is C13H22N2O5. The Labute approximate surface area is 118 Å². The van der Waals surface area contributed by atoms with Crippen molar-refractivity contribution in [3.8, 4) is 0 Å². The number of carboxylic acids is 1. The Hall–Kier alpha value is -1.63. The van der Waals surface area contributed by atoms with E-state index < -0.39 is 18.0 Å². The largest absolute Gasteiger partial charge is 0.480 e. The van der Waals surface area contributed by atoms with Gasteiger partial charge in [-0.3, -0.25) is 9.59 Å². The lowest BCUT2D eigenvalue weighted by Gasteiger charge is -2.16. The van der Waals surface area contributed by atoms with E-state index in [2.05, 4.69) is 15.4 Å². The fraction of sp³-hybridized carbons (Fsp3) is 0.769. The summed E-state index contributed by atoms with van der Waals surface area (Å²) in [5, 5.41) is 14.5. The van der Waals surface area contributed by atoms with Crippen LogP contribution in [0.4, 0.5) is 0 Å². The maximum atomic E-state index is 11.7. The van der Waals surface area contributed by atoms with Gasteiger partial charge in [-0.05, 0) is 19.3 Å². The molecule has 0 radical (unpaired) electrons. The van der Waals surface area contributed by atoms with E-state index in [9.17, 15) is 14.4 Å². The molecule has 20 heavy (non-hydrogen) atoms. The molecule has 7 nitrogen and oxygen atoms in total. The molecule has 1 aliphatic rings. The highest BCUT2D eigenvalue weighted by Crippen LogP contribution is 2.17. The number of carbonyl (C=O) groups is 3. The van der Waals surface area contributed by atoms with E-state index in [1.807, 2.05) is 0 Å². The topological polar surface area (TPSA) is 105 Å². The van der Waals surface area contributed by atoms with Gasteiger partial charge in [-0.2, -0.15) is 0 Å². The zero-order chi connectivity index (χ0) is 15.0. The predicted octanol–water partition coefficient (Wildman–Crippen LogP) is 0.0412. The number of nitrogens with one attached hydrogen (secondary N) is 2. The molecule has 0 unspecified atom stereocenters. The van der Waals surface area contributed by atoms with Gasteiger partial charge in [-0.1, -0.05) is 12.8 Å². The summed E-state index contributed by atoms with van der Waals surface area (Å²) in [6, 6.07) is -0.717. The number of hydrogen-bond donors (Lipinski definition) is 3. The molecule has 0 bridgehead atoms. The van der Waals surface area contributed by atoms with Crippen molar-refractivity contribution in [2.75, 3.05) is 13.7 Å². The van der Waals surface area contributed by atoms with Crippen LogP contribution in [0.2, 0.25) is 0 Å². The summed E-state index contributed by atoms with van der Waals surface area (Å²) in [7, 11) is 1.24. The summed E-state index contributed by atoms with van der Waals surface area (Å²) in [5.41, 5.74) is 0. The minimum Gasteiger partial charge on any atom is -0.480 e. The van der Waals surface area contributed by atoms with E-state index >= 15 is 0 Å². The van der Waals surface area contributed by atoms with Crippen molar-refractivity contribution >= 4 is 17.8 Å². The number of esters is 1. The summed E-state index contributed by atoms with van der Waals surface area (Å²) in [6.07, 6.45) is 4.42. The Morgan fingerprint density at radius 2 is 1.95 bits per heavy atom. The van der Waals surface area contributed by atoms with Crippen LogP contribution in [0.1, 0.15) is 38.5 Å². The molecular weight excluding hydrogens is 264 g/mol. The summed E-state index contributed by atoms with van der Waals surface area (Å²) >= 11 is 0. The second-order valence-electron chi connectivity index (χ2n) is 4.94. The van der Waals surface area contributed by atoms with Crippen molar-refractivity contribution in [2.24, 2.45) is 0 Å². The second-order valence-corrected chi connectivity index (χ2v) is 4.94. The molecule has 0 aromatic rings. The van der Waals surface area contributed by atoms with Gasteiger partial charge in [0.2, 0.25) is 5.91 Å². The average molecular weight is 286 g/mol. The number of rotatable bonds is 8. The van der Waals surface area contributed by atoms with Gasteiger partial charge >= 0.3 is 11.9 Å². The Kier molecular flexibility index (Phi) is 7.00. The second kappa shape index (κ2) is 8.52. The van der Waals surface area contributed by atoms with E-state index in [4.69, 9.17) is 5.11 Å². The van der Waals surface area contributed by atoms with Crippen LogP contribution < -0.4 is 10.6 Å². The van der Waals surface area contributed by atoms with Crippen LogP contribution in [0.3, 0.4) is 0 Å². The molecule has 0 spiro atoms. The lowest BCUT2D eigenvalue weighted by molar-refractivity contribution is -0.144. The van der Waals surface area contributed by atoms with Crippen molar-refractivity contribution in [3.05, 3.63) is 0 Å². The van der Waals surface area contributed by atoms with Gasteiger partial charge < -0.3 is 20.5 Å². The highest BCUT2D eigenvalue weighted by Gasteiger charge is 2.22. The third kappa shape index (κ3) is 6.01. The number of amides is 1. The first-order valence-electron chi connectivity index (χ1n) is 6.85. The first-order chi connectivity index (χ1) is 9.52. The molecule has 1 saturated carbocycles. The van der Waals surface area contributed by atoms with Gasteiger partial charge in [-0.15, -0.1) is 0 Å². The lowest BCUT2D eigenvalue weighted by atomic mass is 10.1. The minimum absolute atomic E-state index is 0.0250. The van der Waals surface area contributed by atoms with Crippen molar-refractivity contribution in [1.82, 2.24) is 10.6 Å². The van der Waals surface area contributed by atoms with Crippen LogP contribution in [-0.4, -0.2) is 48.7 Å². The molecule has 114 valence electrons. The van der Waals surface area contributed by atoms with Crippen LogP contribution >= 0.6 is 0 Å². The maximum absolute atomic E-state index is 11.7. The molecule has 3 N–H and O–H groups in total. The Morgan fingerprint density at radius 1 is 1.30 bits per heavy atom. The lowest BCUT2D eigenvalue weighted by Crippen LogP contribution is -2.46. The zero-order valence-electron chi connectivity index (χ0n) is 11.7. The molecule has 0 aliphatic heterocycles. The normalized spacial score (nSPS) is 16.6. The van der Waals surface area contributed by atoms with E-state index in [-0.39, 0.29) is 25.3 Å². The number of methoxy groups -OCH3 is 1. The maximum Gasteiger partial charge on any atom is 0.326 e. The van der Waals surface area contributed by atoms with Crippen LogP contribution in [0.25, 0.3) is 0 Å². The number of ether oxygens (including phenoxy) is 1. The highest BCUT2D eigenvalue weighted by atomic mass is 16.5. The molecule has 1 rings (SSSR count). The van der Waals surface area contributed by atoms with Crippen molar-refractivity contribution < 1.29 is 24.2 Å². The molecule has 1 aliphatic carbocycles. The van der Waals surface area contributed by atoms with Crippen molar-refractivity contribution in [2.45, 2.75) is 50.6 Å². The summed E-state index contributed by atoms with van der Waals surface area (Å²) < 4.78 is 4.44. The van der Waals surface area contributed by atoms with Crippen LogP contribution in [0.5, 0.6) is 0 Å². The summed E-state index contributed by atoms with van der Waals surface area (Å²) in [4.78, 5) is 33.7. The molecule has 0 heterocycles. The standard InChI is InChI=1S/C13H22N2O5/c1-20-12(17)7-6-10(13(18)19)15-11(16)8-14-9-4-2-3-5-9/h9-10,14H,2-8H2,1H3,(H,15,16)(H,18,19)/t10-/m0/s1. The fourth-order valence-corrected chi connectivity index (χ4v) is 2.23. The summed E-state index contributed by atoms with van der Waals surface area (Å²) in [6.45, 7) is 0.104. The Balaban J connectivity index is 2.30. The smallest absolute Gasteiger partial charge is 0.326 e. The van der Waals surface area contributed by atoms with Gasteiger partial charge in [0, 0.05) is 12.5 Å². The fourth-order valence-electron chi connectivity index (χ4n) is 2.23. The summed E-state index contributed by atoms with van der Waals surface area (Å²) in [5.74, 6) is -2.01. The number of carboxylic acid groups (broad SMARTS) is 1. The van der Waals surface area contributed by atoms with Crippen molar-refractivity contribution in [1.29, 1.82) is 0 Å². The van der Waals surface area contributed by atoms with Crippen LogP contribution in [0, 0.1) is 0 Å². The minimum atomic E-state index is -1.15. The molecule has 0 aromatic carbocycles. The van der Waals surface area contributed by atoms with Gasteiger partial charge in [0.05, 0.1) is 13.7 Å². The van der Waals surface area contributed by atoms with Gasteiger partial charge in [-0.25, -0.2) is 4.79 Å². The van der Waals surface area contributed by atoms with Gasteiger partial charge in [0.15, 0.2) is 0 Å². The first kappa shape index (κ1) is 16.4. The number of carbonyl (C=O) groups excluding carboxylic acids is 2. The van der Waals surface area contributed by atoms with E-state index in [1.54, 1.807) is 0 Å². The molecule has 1 atom stereocenters. The van der Waals surface area contributed by atoms with E-state index in [0.717, 1.165) is 25.7 Å². The third-order valence-corrected chi connectivity index (χ3v) is 3.40. The van der Waals surface area contributed by atoms with E-state index in [0.29, 0.717) is 6.04 Å². The van der Waals surface area contributed by atoms with Crippen LogP contribution in [0.15, 0.2) is 0 Å². The molecule has 1 amide bonds. The number of aliphatic carboxylic acids is 1. The molecule has 1 fully saturated rings. The first-order valence-corrected chi connectivity index (χ1v) is 6.85. The third-order valence-electron chi connectivity index (χ3n) is 3.40. The Morgan fingerprint density at radius 3 is 2.50 bits per heavy atom. The van der Waals surface area contributed by atoms with Crippen molar-refractivity contribution in [3.63, 3.8) is 0 Å². The quantitative estimate of drug-likeness (QED) is 0.544. The highest BCUT2D eigenvalue weighted by molar-refractivity contribution is 5.85. The average Bonchev–Trinajstić information content (AvgIpc) is 2.93. The molecule has 0 aromatic heterocycles. The monoisotopic (exact) mass is 286 g/mol. The van der Waals surface area contributed by atoms with E-state index in [1.165, 1.54) is 7.11 Å². The van der Waals surface area contributed by atoms with Gasteiger partial charge in [0.1, 0.15) is 6.04 Å². The Bertz CT molecular complexity index is 353. The predicted molar refractivity (Wildman–Crippen MR) is 71.1 cm³/mol. The molecule has 7 heteroatoms. The molecule has 0 saturated heterocycles. The van der Waals surface area contributed by atoms with Gasteiger partial charge in [0.25, 0.3) is 0 Å².